The molecule has 2 nitrogen and oxygen atoms in total. The molecule has 0 saturated carbocycles. The molecule has 2 rings (SSSR count). The van der Waals surface area contributed by atoms with Crippen LogP contribution in [0.4, 0.5) is 14.5 Å². The Hall–Kier alpha value is -1.49. The molecule has 0 aliphatic carbocycles. The SMILES string of the molecule is Nc1ccncc1-c1c(F)ccc(Br)c1F. The lowest BCUT2D eigenvalue weighted by molar-refractivity contribution is 0.585. The van der Waals surface area contributed by atoms with Crippen LogP contribution < -0.4 is 5.73 Å². The summed E-state index contributed by atoms with van der Waals surface area (Å²) in [6, 6.07) is 3.98. The average Bonchev–Trinajstić information content (AvgIpc) is 2.27. The van der Waals surface area contributed by atoms with Crippen LogP contribution in [0.3, 0.4) is 0 Å². The fraction of sp³-hybridized carbons (Fsp3) is 0. The predicted molar refractivity (Wildman–Crippen MR) is 61.7 cm³/mol. The van der Waals surface area contributed by atoms with Gasteiger partial charge < -0.3 is 5.73 Å². The van der Waals surface area contributed by atoms with Crippen LogP contribution in [0.25, 0.3) is 11.1 Å². The minimum Gasteiger partial charge on any atom is -0.398 e. The van der Waals surface area contributed by atoms with Gasteiger partial charge >= 0.3 is 0 Å². The maximum absolute atomic E-state index is 13.8. The highest BCUT2D eigenvalue weighted by Gasteiger charge is 2.16. The van der Waals surface area contributed by atoms with Crippen molar-refractivity contribution < 1.29 is 8.78 Å². The molecular formula is C11H7BrF2N2. The summed E-state index contributed by atoms with van der Waals surface area (Å²) in [6.45, 7) is 0. The molecule has 0 fully saturated rings. The van der Waals surface area contributed by atoms with Crippen LogP contribution in [-0.4, -0.2) is 4.98 Å². The van der Waals surface area contributed by atoms with E-state index in [0.29, 0.717) is 0 Å². The smallest absolute Gasteiger partial charge is 0.148 e. The van der Waals surface area contributed by atoms with Gasteiger partial charge in [0, 0.05) is 23.6 Å². The summed E-state index contributed by atoms with van der Waals surface area (Å²) in [5.74, 6) is -1.35. The highest BCUT2D eigenvalue weighted by Crippen LogP contribution is 2.33. The molecule has 82 valence electrons. The fourth-order valence-electron chi connectivity index (χ4n) is 1.39. The summed E-state index contributed by atoms with van der Waals surface area (Å²) in [6.07, 6.45) is 2.80. The van der Waals surface area contributed by atoms with Crippen LogP contribution in [0.5, 0.6) is 0 Å². The molecule has 0 spiro atoms. The first-order chi connectivity index (χ1) is 7.61. The highest BCUT2D eigenvalue weighted by molar-refractivity contribution is 9.10. The first-order valence-electron chi connectivity index (χ1n) is 4.44. The molecule has 16 heavy (non-hydrogen) atoms. The molecule has 0 bridgehead atoms. The third-order valence-electron chi connectivity index (χ3n) is 2.17. The van der Waals surface area contributed by atoms with Crippen LogP contribution in [0.2, 0.25) is 0 Å². The Morgan fingerprint density at radius 1 is 1.19 bits per heavy atom. The minimum absolute atomic E-state index is 0.167. The predicted octanol–water partition coefficient (Wildman–Crippen LogP) is 3.37. The van der Waals surface area contributed by atoms with E-state index in [1.54, 1.807) is 0 Å². The maximum Gasteiger partial charge on any atom is 0.148 e. The number of benzene rings is 1. The van der Waals surface area contributed by atoms with Crippen molar-refractivity contribution in [1.29, 1.82) is 0 Å². The van der Waals surface area contributed by atoms with Gasteiger partial charge in [-0.05, 0) is 34.1 Å². The number of aromatic nitrogens is 1. The van der Waals surface area contributed by atoms with Gasteiger partial charge in [0.1, 0.15) is 11.6 Å². The molecule has 0 aliphatic rings. The van der Waals surface area contributed by atoms with Crippen molar-refractivity contribution in [2.45, 2.75) is 0 Å². The number of anilines is 1. The molecule has 0 atom stereocenters. The van der Waals surface area contributed by atoms with E-state index in [1.165, 1.54) is 30.6 Å². The summed E-state index contributed by atoms with van der Waals surface area (Å²) >= 11 is 3.00. The number of hydrogen-bond acceptors (Lipinski definition) is 2. The highest BCUT2D eigenvalue weighted by atomic mass is 79.9. The molecular weight excluding hydrogens is 278 g/mol. The van der Waals surface area contributed by atoms with Crippen molar-refractivity contribution in [2.75, 3.05) is 5.73 Å². The standard InChI is InChI=1S/C11H7BrF2N2/c12-7-1-2-8(13)10(11(7)14)6-5-16-4-3-9(6)15/h1-5H,(H2,15,16). The second-order valence-corrected chi connectivity index (χ2v) is 4.04. The van der Waals surface area contributed by atoms with Crippen molar-refractivity contribution in [2.24, 2.45) is 0 Å². The largest absolute Gasteiger partial charge is 0.398 e. The maximum atomic E-state index is 13.8. The number of halogens is 3. The van der Waals surface area contributed by atoms with E-state index in [1.807, 2.05) is 0 Å². The van der Waals surface area contributed by atoms with Crippen LogP contribution in [0, 0.1) is 11.6 Å². The second kappa shape index (κ2) is 4.17. The quantitative estimate of drug-likeness (QED) is 0.816. The molecule has 1 aromatic carbocycles. The lowest BCUT2D eigenvalue weighted by atomic mass is 10.1. The summed E-state index contributed by atoms with van der Waals surface area (Å²) in [7, 11) is 0. The van der Waals surface area contributed by atoms with Crippen LogP contribution >= 0.6 is 15.9 Å². The van der Waals surface area contributed by atoms with Crippen molar-refractivity contribution >= 4 is 21.6 Å². The van der Waals surface area contributed by atoms with E-state index in [9.17, 15) is 8.78 Å². The summed E-state index contributed by atoms with van der Waals surface area (Å²) in [5, 5.41) is 0. The molecule has 2 aromatic rings. The minimum atomic E-state index is -0.681. The van der Waals surface area contributed by atoms with E-state index in [-0.39, 0.29) is 21.3 Å². The first kappa shape index (κ1) is 11.0. The zero-order chi connectivity index (χ0) is 11.7. The number of nitrogens with zero attached hydrogens (tertiary/aromatic N) is 1. The van der Waals surface area contributed by atoms with E-state index >= 15 is 0 Å². The van der Waals surface area contributed by atoms with Crippen LogP contribution in [0.15, 0.2) is 35.1 Å². The Kier molecular flexibility index (Phi) is 2.87. The van der Waals surface area contributed by atoms with Gasteiger partial charge in [-0.1, -0.05) is 0 Å². The Morgan fingerprint density at radius 3 is 2.62 bits per heavy atom. The first-order valence-corrected chi connectivity index (χ1v) is 5.24. The van der Waals surface area contributed by atoms with Crippen molar-refractivity contribution in [3.63, 3.8) is 0 Å². The molecule has 1 heterocycles. The Balaban J connectivity index is 2.74. The molecule has 0 amide bonds. The Bertz CT molecular complexity index is 544. The third-order valence-corrected chi connectivity index (χ3v) is 2.78. The van der Waals surface area contributed by atoms with E-state index in [2.05, 4.69) is 20.9 Å². The number of rotatable bonds is 1. The fourth-order valence-corrected chi connectivity index (χ4v) is 1.72. The normalized spacial score (nSPS) is 10.4. The second-order valence-electron chi connectivity index (χ2n) is 3.18. The number of nitrogens with two attached hydrogens (primary N) is 1. The molecule has 0 radical (unpaired) electrons. The van der Waals surface area contributed by atoms with Gasteiger partial charge in [-0.2, -0.15) is 0 Å². The summed E-state index contributed by atoms with van der Waals surface area (Å²) in [5.41, 5.74) is 6.02. The van der Waals surface area contributed by atoms with Gasteiger partial charge in [-0.3, -0.25) is 4.98 Å². The Morgan fingerprint density at radius 2 is 1.94 bits per heavy atom. The third kappa shape index (κ3) is 1.78. The van der Waals surface area contributed by atoms with Crippen molar-refractivity contribution in [3.8, 4) is 11.1 Å². The van der Waals surface area contributed by atoms with Crippen molar-refractivity contribution in [1.82, 2.24) is 4.98 Å². The zero-order valence-electron chi connectivity index (χ0n) is 8.05. The van der Waals surface area contributed by atoms with Gasteiger partial charge in [-0.25, -0.2) is 8.78 Å². The van der Waals surface area contributed by atoms with E-state index in [0.717, 1.165) is 0 Å². The van der Waals surface area contributed by atoms with E-state index < -0.39 is 11.6 Å². The molecule has 0 unspecified atom stereocenters. The molecule has 5 heteroatoms. The van der Waals surface area contributed by atoms with Gasteiger partial charge in [0.25, 0.3) is 0 Å². The van der Waals surface area contributed by atoms with Gasteiger partial charge in [0.05, 0.1) is 10.0 Å². The van der Waals surface area contributed by atoms with Crippen molar-refractivity contribution in [3.05, 3.63) is 46.7 Å². The molecule has 0 aliphatic heterocycles. The number of nitrogen functional groups attached to an aromatic ring is 1. The van der Waals surface area contributed by atoms with E-state index in [4.69, 9.17) is 5.73 Å². The van der Waals surface area contributed by atoms with Gasteiger partial charge in [0.15, 0.2) is 0 Å². The zero-order valence-corrected chi connectivity index (χ0v) is 9.63. The molecule has 0 saturated heterocycles. The summed E-state index contributed by atoms with van der Waals surface area (Å²) < 4.78 is 27.5. The monoisotopic (exact) mass is 284 g/mol. The number of hydrogen-bond donors (Lipinski definition) is 1. The summed E-state index contributed by atoms with van der Waals surface area (Å²) in [4.78, 5) is 3.81. The lowest BCUT2D eigenvalue weighted by Crippen LogP contribution is -1.96. The molecule has 2 N–H and O–H groups in total. The van der Waals surface area contributed by atoms with Crippen LogP contribution in [-0.2, 0) is 0 Å². The lowest BCUT2D eigenvalue weighted by Gasteiger charge is -2.08. The van der Waals surface area contributed by atoms with Gasteiger partial charge in [-0.15, -0.1) is 0 Å². The Labute approximate surface area is 99.2 Å². The molecule has 1 aromatic heterocycles. The average molecular weight is 285 g/mol. The van der Waals surface area contributed by atoms with Crippen LogP contribution in [0.1, 0.15) is 0 Å². The van der Waals surface area contributed by atoms with Gasteiger partial charge in [0.2, 0.25) is 0 Å². The topological polar surface area (TPSA) is 38.9 Å². The number of pyridine rings is 1.